The van der Waals surface area contributed by atoms with Gasteiger partial charge in [0.2, 0.25) is 17.7 Å². The van der Waals surface area contributed by atoms with E-state index >= 15 is 4.39 Å². The maximum absolute atomic E-state index is 15.7. The minimum Gasteiger partial charge on any atom is -0.344 e. The molecule has 2 aromatic rings. The molecule has 14 heteroatoms. The molecule has 6 rings (SSSR count). The van der Waals surface area contributed by atoms with E-state index in [1.54, 1.807) is 24.8 Å². The first-order chi connectivity index (χ1) is 22.9. The Labute approximate surface area is 278 Å². The van der Waals surface area contributed by atoms with Crippen molar-refractivity contribution >= 4 is 29.3 Å². The lowest BCUT2D eigenvalue weighted by molar-refractivity contribution is -0.138. The number of amides is 4. The number of benzene rings is 1. The van der Waals surface area contributed by atoms with Crippen LogP contribution < -0.4 is 16.0 Å². The van der Waals surface area contributed by atoms with E-state index in [2.05, 4.69) is 25.9 Å². The quantitative estimate of drug-likeness (QED) is 0.299. The van der Waals surface area contributed by atoms with Crippen LogP contribution in [0.15, 0.2) is 30.5 Å². The third-order valence-corrected chi connectivity index (χ3v) is 10.3. The SMILES string of the molecule is CCC(=O)N[C@@H](C(=O)N1CCN(C)CC1)[C@@H](C)c1ccc(NC(=O)[C@@H](NC(=O)c2ccnn2[C@@H]2CC2(F)F)C(C2CC2)C2CC2)c(F)c1. The number of carbonyl (C=O) groups is 4. The Morgan fingerprint density at radius 1 is 0.979 bits per heavy atom. The van der Waals surface area contributed by atoms with Crippen LogP contribution in [0.5, 0.6) is 0 Å². The van der Waals surface area contributed by atoms with E-state index < -0.39 is 54.0 Å². The molecule has 0 radical (unpaired) electrons. The summed E-state index contributed by atoms with van der Waals surface area (Å²) < 4.78 is 44.4. The van der Waals surface area contributed by atoms with Gasteiger partial charge in [-0.25, -0.2) is 13.2 Å². The molecule has 48 heavy (non-hydrogen) atoms. The number of nitrogens with one attached hydrogen (secondary N) is 3. The van der Waals surface area contributed by atoms with Crippen LogP contribution in [0.1, 0.15) is 80.4 Å². The molecule has 0 unspecified atom stereocenters. The number of carbonyl (C=O) groups excluding carboxylic acids is 4. The fourth-order valence-electron chi connectivity index (χ4n) is 6.87. The lowest BCUT2D eigenvalue weighted by atomic mass is 9.88. The van der Waals surface area contributed by atoms with Gasteiger partial charge in [0.1, 0.15) is 29.6 Å². The number of nitrogens with zero attached hydrogens (tertiary/aromatic N) is 4. The average molecular weight is 672 g/mol. The summed E-state index contributed by atoms with van der Waals surface area (Å²) in [5, 5.41) is 12.2. The molecule has 1 aromatic carbocycles. The highest BCUT2D eigenvalue weighted by Crippen LogP contribution is 2.53. The Hall–Kier alpha value is -3.94. The molecule has 4 fully saturated rings. The largest absolute Gasteiger partial charge is 0.344 e. The second-order valence-electron chi connectivity index (χ2n) is 13.9. The topological polar surface area (TPSA) is 129 Å². The molecule has 260 valence electrons. The van der Waals surface area contributed by atoms with Crippen LogP contribution >= 0.6 is 0 Å². The molecule has 0 bridgehead atoms. The molecule has 4 aliphatic rings. The first-order valence-electron chi connectivity index (χ1n) is 17.0. The Bertz CT molecular complexity index is 1540. The molecule has 0 spiro atoms. The minimum atomic E-state index is -2.94. The smallest absolute Gasteiger partial charge is 0.272 e. The highest BCUT2D eigenvalue weighted by Gasteiger charge is 2.60. The lowest BCUT2D eigenvalue weighted by Gasteiger charge is -2.36. The summed E-state index contributed by atoms with van der Waals surface area (Å²) in [5.74, 6) is -5.75. The van der Waals surface area contributed by atoms with Gasteiger partial charge >= 0.3 is 0 Å². The monoisotopic (exact) mass is 671 g/mol. The van der Waals surface area contributed by atoms with Gasteiger partial charge in [0.05, 0.1) is 5.69 Å². The lowest BCUT2D eigenvalue weighted by Crippen LogP contribution is -2.55. The van der Waals surface area contributed by atoms with Crippen LogP contribution in [-0.4, -0.2) is 94.4 Å². The van der Waals surface area contributed by atoms with Crippen molar-refractivity contribution in [1.29, 1.82) is 0 Å². The summed E-state index contributed by atoms with van der Waals surface area (Å²) in [6.45, 7) is 5.92. The third kappa shape index (κ3) is 7.37. The summed E-state index contributed by atoms with van der Waals surface area (Å²) in [6, 6.07) is 2.54. The molecule has 4 amide bonds. The van der Waals surface area contributed by atoms with Crippen molar-refractivity contribution in [1.82, 2.24) is 30.2 Å². The number of hydrogen-bond acceptors (Lipinski definition) is 6. The maximum Gasteiger partial charge on any atom is 0.272 e. The zero-order chi connectivity index (χ0) is 34.3. The van der Waals surface area contributed by atoms with Crippen molar-refractivity contribution in [3.8, 4) is 0 Å². The zero-order valence-electron chi connectivity index (χ0n) is 27.6. The van der Waals surface area contributed by atoms with Gasteiger partial charge < -0.3 is 25.8 Å². The van der Waals surface area contributed by atoms with Gasteiger partial charge in [0.15, 0.2) is 0 Å². The van der Waals surface area contributed by atoms with E-state index in [-0.39, 0.29) is 47.4 Å². The number of likely N-dealkylation sites (N-methyl/N-ethyl adjacent to an activating group) is 1. The highest BCUT2D eigenvalue weighted by molar-refractivity contribution is 6.01. The van der Waals surface area contributed by atoms with Crippen molar-refractivity contribution < 1.29 is 32.3 Å². The Morgan fingerprint density at radius 2 is 1.62 bits per heavy atom. The summed E-state index contributed by atoms with van der Waals surface area (Å²) in [4.78, 5) is 57.1. The molecule has 1 aromatic heterocycles. The van der Waals surface area contributed by atoms with Crippen molar-refractivity contribution in [3.63, 3.8) is 0 Å². The van der Waals surface area contributed by atoms with Gasteiger partial charge in [-0.05, 0) is 74.2 Å². The maximum atomic E-state index is 15.7. The zero-order valence-corrected chi connectivity index (χ0v) is 27.6. The second kappa shape index (κ2) is 13.5. The molecule has 3 N–H and O–H groups in total. The van der Waals surface area contributed by atoms with Gasteiger partial charge in [-0.1, -0.05) is 19.9 Å². The van der Waals surface area contributed by atoms with Gasteiger partial charge in [-0.15, -0.1) is 0 Å². The number of rotatable bonds is 13. The molecule has 2 heterocycles. The Balaban J connectivity index is 1.19. The first kappa shape index (κ1) is 33.9. The van der Waals surface area contributed by atoms with Crippen LogP contribution in [0.3, 0.4) is 0 Å². The molecular formula is C34H44F3N7O4. The molecule has 4 atom stereocenters. The summed E-state index contributed by atoms with van der Waals surface area (Å²) >= 11 is 0. The number of halogens is 3. The van der Waals surface area contributed by atoms with E-state index in [1.807, 2.05) is 7.05 Å². The van der Waals surface area contributed by atoms with Gasteiger partial charge in [0.25, 0.3) is 11.8 Å². The molecule has 11 nitrogen and oxygen atoms in total. The Kier molecular flexibility index (Phi) is 9.56. The number of aromatic nitrogens is 2. The molecular weight excluding hydrogens is 627 g/mol. The molecule has 3 saturated carbocycles. The molecule has 1 aliphatic heterocycles. The Morgan fingerprint density at radius 3 is 2.19 bits per heavy atom. The average Bonchev–Trinajstić information content (AvgIpc) is 4.02. The summed E-state index contributed by atoms with van der Waals surface area (Å²) in [6.07, 6.45) is 4.72. The van der Waals surface area contributed by atoms with Gasteiger partial charge in [-0.3, -0.25) is 23.9 Å². The number of alkyl halides is 2. The fourth-order valence-corrected chi connectivity index (χ4v) is 6.87. The van der Waals surface area contributed by atoms with Crippen LogP contribution in [-0.2, 0) is 14.4 Å². The van der Waals surface area contributed by atoms with Crippen molar-refractivity contribution in [2.45, 2.75) is 82.3 Å². The molecule has 1 saturated heterocycles. The van der Waals surface area contributed by atoms with Crippen LogP contribution in [0, 0.1) is 23.6 Å². The van der Waals surface area contributed by atoms with E-state index in [4.69, 9.17) is 0 Å². The number of anilines is 1. The van der Waals surface area contributed by atoms with E-state index in [9.17, 15) is 28.0 Å². The standard InChI is InChI=1S/C34H44F3N7O4/c1-4-27(45)40-29(33(48)43-15-13-42(3)14-16-43)19(2)22-9-10-24(23(35)17-22)39-32(47)30(28(20-5-6-20)21-7-8-21)41-31(46)25-11-12-38-44(25)26-18-34(26,36)37/h9-12,17,19-21,26,28-30H,4-8,13-16,18H2,1-3H3,(H,39,47)(H,40,45)(H,41,46)/t19-,26+,29+,30-/m0/s1. The van der Waals surface area contributed by atoms with Crippen molar-refractivity contribution in [2.75, 3.05) is 38.5 Å². The number of hydrogen-bond donors (Lipinski definition) is 3. The van der Waals surface area contributed by atoms with Crippen LogP contribution in [0.25, 0.3) is 0 Å². The van der Waals surface area contributed by atoms with E-state index in [1.165, 1.54) is 24.4 Å². The minimum absolute atomic E-state index is 0.0549. The van der Waals surface area contributed by atoms with Gasteiger partial charge in [0, 0.05) is 51.1 Å². The van der Waals surface area contributed by atoms with Crippen LogP contribution in [0.4, 0.5) is 18.9 Å². The fraction of sp³-hybridized carbons (Fsp3) is 0.618. The second-order valence-corrected chi connectivity index (χ2v) is 13.9. The van der Waals surface area contributed by atoms with Crippen LogP contribution in [0.2, 0.25) is 0 Å². The normalized spacial score (nSPS) is 22.5. The highest BCUT2D eigenvalue weighted by atomic mass is 19.3. The third-order valence-electron chi connectivity index (χ3n) is 10.3. The van der Waals surface area contributed by atoms with Crippen molar-refractivity contribution in [2.24, 2.45) is 17.8 Å². The first-order valence-corrected chi connectivity index (χ1v) is 17.0. The van der Waals surface area contributed by atoms with Crippen molar-refractivity contribution in [3.05, 3.63) is 47.5 Å². The summed E-state index contributed by atoms with van der Waals surface area (Å²) in [7, 11) is 1.98. The predicted molar refractivity (Wildman–Crippen MR) is 171 cm³/mol. The van der Waals surface area contributed by atoms with Gasteiger partial charge in [-0.2, -0.15) is 5.10 Å². The number of piperazine rings is 1. The predicted octanol–water partition coefficient (Wildman–Crippen LogP) is 3.55. The van der Waals surface area contributed by atoms with E-state index in [0.717, 1.165) is 30.4 Å². The summed E-state index contributed by atoms with van der Waals surface area (Å²) in [5.41, 5.74) is 0.321. The molecule has 3 aliphatic carbocycles. The van der Waals surface area contributed by atoms with E-state index in [0.29, 0.717) is 31.7 Å².